The van der Waals surface area contributed by atoms with Crippen LogP contribution in [-0.4, -0.2) is 46.5 Å². The Bertz CT molecular complexity index is 1380. The number of hydrogen-bond acceptors (Lipinski definition) is 5. The maximum absolute atomic E-state index is 13.4. The van der Waals surface area contributed by atoms with Gasteiger partial charge in [0.2, 0.25) is 5.43 Å². The lowest BCUT2D eigenvalue weighted by Crippen LogP contribution is -2.66. The molecular formula is C26H23N3O4. The van der Waals surface area contributed by atoms with Crippen molar-refractivity contribution in [1.29, 1.82) is 0 Å². The third kappa shape index (κ3) is 2.93. The summed E-state index contributed by atoms with van der Waals surface area (Å²) in [6.07, 6.45) is 5.40. The molecule has 3 heterocycles. The molecule has 0 spiro atoms. The molecule has 1 saturated heterocycles. The van der Waals surface area contributed by atoms with E-state index in [1.807, 2.05) is 12.1 Å². The first-order chi connectivity index (χ1) is 16.0. The number of aromatic nitrogens is 1. The van der Waals surface area contributed by atoms with E-state index in [4.69, 9.17) is 4.74 Å². The Hall–Kier alpha value is -3.84. The highest BCUT2D eigenvalue weighted by atomic mass is 16.5. The molecule has 1 N–H and O–H groups in total. The van der Waals surface area contributed by atoms with Crippen LogP contribution in [0.2, 0.25) is 0 Å². The van der Waals surface area contributed by atoms with Crippen LogP contribution in [0.15, 0.2) is 59.5 Å². The van der Waals surface area contributed by atoms with Gasteiger partial charge in [0, 0.05) is 18.8 Å². The molecule has 0 saturated carbocycles. The number of aryl methyl sites for hydroxylation is 1. The number of amides is 1. The lowest BCUT2D eigenvalue weighted by Gasteiger charge is -2.51. The summed E-state index contributed by atoms with van der Waals surface area (Å²) in [5.74, 6) is -0.888. The van der Waals surface area contributed by atoms with Gasteiger partial charge in [0.15, 0.2) is 11.4 Å². The molecule has 7 nitrogen and oxygen atoms in total. The van der Waals surface area contributed by atoms with Gasteiger partial charge < -0.3 is 14.7 Å². The van der Waals surface area contributed by atoms with Crippen LogP contribution in [0.4, 0.5) is 0 Å². The topological polar surface area (TPSA) is 75.0 Å². The highest BCUT2D eigenvalue weighted by Crippen LogP contribution is 2.40. The van der Waals surface area contributed by atoms with Crippen molar-refractivity contribution in [3.63, 3.8) is 0 Å². The first-order valence-corrected chi connectivity index (χ1v) is 11.0. The van der Waals surface area contributed by atoms with E-state index in [9.17, 15) is 14.7 Å². The van der Waals surface area contributed by atoms with Gasteiger partial charge in [0.05, 0.1) is 19.3 Å². The minimum atomic E-state index is -0.569. The number of carbonyl (C=O) groups is 1. The minimum absolute atomic E-state index is 0.00968. The van der Waals surface area contributed by atoms with Gasteiger partial charge in [-0.1, -0.05) is 60.2 Å². The van der Waals surface area contributed by atoms with Crippen LogP contribution < -0.4 is 10.4 Å². The summed E-state index contributed by atoms with van der Waals surface area (Å²) in [6, 6.07) is 15.6. The van der Waals surface area contributed by atoms with Gasteiger partial charge in [0.1, 0.15) is 6.17 Å². The molecule has 166 valence electrons. The number of benzene rings is 2. The lowest BCUT2D eigenvalue weighted by atomic mass is 9.91. The Balaban J connectivity index is 1.67. The molecule has 6 rings (SSSR count). The second-order valence-electron chi connectivity index (χ2n) is 8.65. The molecule has 2 aromatic carbocycles. The zero-order valence-corrected chi connectivity index (χ0v) is 18.1. The summed E-state index contributed by atoms with van der Waals surface area (Å²) in [5.41, 5.74) is 4.85. The third-order valence-corrected chi connectivity index (χ3v) is 6.71. The van der Waals surface area contributed by atoms with Gasteiger partial charge in [-0.2, -0.15) is 0 Å². The summed E-state index contributed by atoms with van der Waals surface area (Å²) in [6.45, 7) is 3.18. The van der Waals surface area contributed by atoms with E-state index >= 15 is 0 Å². The van der Waals surface area contributed by atoms with Crippen molar-refractivity contribution in [1.82, 2.24) is 9.58 Å². The Labute approximate surface area is 190 Å². The molecule has 0 radical (unpaired) electrons. The fourth-order valence-electron chi connectivity index (χ4n) is 5.16. The van der Waals surface area contributed by atoms with E-state index in [-0.39, 0.29) is 17.6 Å². The largest absolute Gasteiger partial charge is 0.502 e. The number of nitrogens with zero attached hydrogens (tertiary/aromatic N) is 3. The van der Waals surface area contributed by atoms with Gasteiger partial charge in [-0.3, -0.25) is 19.3 Å². The number of morpholine rings is 1. The van der Waals surface area contributed by atoms with Gasteiger partial charge in [0.25, 0.3) is 5.91 Å². The van der Waals surface area contributed by atoms with Crippen LogP contribution in [0.5, 0.6) is 5.75 Å². The van der Waals surface area contributed by atoms with Crippen molar-refractivity contribution in [2.75, 3.05) is 24.8 Å². The molecule has 1 amide bonds. The maximum atomic E-state index is 13.4. The van der Waals surface area contributed by atoms with Crippen LogP contribution in [0, 0.1) is 6.92 Å². The molecule has 2 atom stereocenters. The van der Waals surface area contributed by atoms with E-state index in [1.54, 1.807) is 15.8 Å². The maximum Gasteiger partial charge on any atom is 0.278 e. The van der Waals surface area contributed by atoms with Crippen molar-refractivity contribution < 1.29 is 14.6 Å². The molecular weight excluding hydrogens is 418 g/mol. The highest BCUT2D eigenvalue weighted by molar-refractivity contribution is 5.96. The van der Waals surface area contributed by atoms with Crippen molar-refractivity contribution >= 4 is 18.1 Å². The molecule has 2 aliphatic heterocycles. The van der Waals surface area contributed by atoms with Crippen LogP contribution >= 0.6 is 0 Å². The van der Waals surface area contributed by atoms with Crippen molar-refractivity contribution in [3.8, 4) is 5.75 Å². The van der Waals surface area contributed by atoms with E-state index < -0.39 is 17.3 Å². The van der Waals surface area contributed by atoms with Gasteiger partial charge >= 0.3 is 0 Å². The smallest absolute Gasteiger partial charge is 0.278 e. The van der Waals surface area contributed by atoms with Gasteiger partial charge in [-0.05, 0) is 29.2 Å². The zero-order chi connectivity index (χ0) is 22.7. The summed E-state index contributed by atoms with van der Waals surface area (Å²) in [7, 11) is 0. The fraction of sp³-hybridized carbons (Fsp3) is 0.231. The average molecular weight is 441 g/mol. The van der Waals surface area contributed by atoms with E-state index in [0.29, 0.717) is 19.8 Å². The highest BCUT2D eigenvalue weighted by Gasteiger charge is 2.45. The molecule has 33 heavy (non-hydrogen) atoms. The number of carbonyl (C=O) groups excluding carboxylic acids is 1. The molecule has 0 bridgehead atoms. The second-order valence-corrected chi connectivity index (χ2v) is 8.65. The predicted molar refractivity (Wildman–Crippen MR) is 125 cm³/mol. The van der Waals surface area contributed by atoms with Crippen molar-refractivity contribution in [2.24, 2.45) is 0 Å². The van der Waals surface area contributed by atoms with E-state index in [1.165, 1.54) is 6.07 Å². The molecule has 1 fully saturated rings. The number of ether oxygens (including phenoxy) is 1. The minimum Gasteiger partial charge on any atom is -0.502 e. The standard InChI is InChI=1S/C26H23N3O4/c1-16-6-7-18-9-8-17-4-2-3-5-19(17)23(20(18)14-16)29-22-15-33-13-12-27(22)26(32)24-25(31)21(30)10-11-28(24)29/h2-11,14,22-23,31H,12-13,15H2,1H3/t22-,23+/m1/s1. The number of hydrogen-bond donors (Lipinski definition) is 1. The molecule has 3 aromatic rings. The summed E-state index contributed by atoms with van der Waals surface area (Å²) in [5, 5.41) is 12.7. The Morgan fingerprint density at radius 3 is 2.64 bits per heavy atom. The fourth-order valence-corrected chi connectivity index (χ4v) is 5.16. The number of aromatic hydroxyl groups is 1. The predicted octanol–water partition coefficient (Wildman–Crippen LogP) is 2.89. The summed E-state index contributed by atoms with van der Waals surface area (Å²) >= 11 is 0. The third-order valence-electron chi connectivity index (χ3n) is 6.71. The Kier molecular flexibility index (Phi) is 4.41. The average Bonchev–Trinajstić information content (AvgIpc) is 2.98. The van der Waals surface area contributed by atoms with Gasteiger partial charge in [-0.15, -0.1) is 0 Å². The molecule has 7 heteroatoms. The first-order valence-electron chi connectivity index (χ1n) is 11.0. The molecule has 1 aromatic heterocycles. The molecule has 3 aliphatic rings. The quantitative estimate of drug-likeness (QED) is 0.629. The molecule has 1 aliphatic carbocycles. The second kappa shape index (κ2) is 7.35. The van der Waals surface area contributed by atoms with Crippen molar-refractivity contribution in [3.05, 3.63) is 98.5 Å². The number of pyridine rings is 1. The number of rotatable bonds is 1. The zero-order valence-electron chi connectivity index (χ0n) is 18.1. The van der Waals surface area contributed by atoms with E-state index in [2.05, 4.69) is 54.4 Å². The van der Waals surface area contributed by atoms with Crippen LogP contribution in [0.25, 0.3) is 12.2 Å². The monoisotopic (exact) mass is 441 g/mol. The Morgan fingerprint density at radius 2 is 1.79 bits per heavy atom. The lowest BCUT2D eigenvalue weighted by molar-refractivity contribution is -0.0197. The summed E-state index contributed by atoms with van der Waals surface area (Å²) in [4.78, 5) is 27.4. The molecule has 0 unspecified atom stereocenters. The van der Waals surface area contributed by atoms with Crippen LogP contribution in [-0.2, 0) is 4.74 Å². The van der Waals surface area contributed by atoms with Crippen LogP contribution in [0.3, 0.4) is 0 Å². The number of fused-ring (bicyclic) bond motifs is 4. The SMILES string of the molecule is Cc1ccc2c(c1)[C@@H](N1[C@@H]3COCCN3C(=O)c3c(O)c(=O)ccn31)c1ccccc1C=C2. The van der Waals surface area contributed by atoms with Crippen molar-refractivity contribution in [2.45, 2.75) is 19.1 Å². The van der Waals surface area contributed by atoms with Gasteiger partial charge in [-0.25, -0.2) is 0 Å². The van der Waals surface area contributed by atoms with E-state index in [0.717, 1.165) is 27.8 Å². The summed E-state index contributed by atoms with van der Waals surface area (Å²) < 4.78 is 7.47. The van der Waals surface area contributed by atoms with Crippen LogP contribution in [0.1, 0.15) is 44.3 Å². The Morgan fingerprint density at radius 1 is 1.00 bits per heavy atom. The normalized spacial score (nSPS) is 21.1. The first kappa shape index (κ1) is 19.8.